The summed E-state index contributed by atoms with van der Waals surface area (Å²) in [6.07, 6.45) is 7.42. The highest BCUT2D eigenvalue weighted by molar-refractivity contribution is 5.93. The predicted octanol–water partition coefficient (Wildman–Crippen LogP) is 2.69. The van der Waals surface area contributed by atoms with E-state index >= 15 is 0 Å². The molecule has 2 aliphatic heterocycles. The Kier molecular flexibility index (Phi) is 4.21. The number of hydrogen-bond acceptors (Lipinski definition) is 4. The van der Waals surface area contributed by atoms with Crippen molar-refractivity contribution in [3.05, 3.63) is 17.9 Å². The van der Waals surface area contributed by atoms with Gasteiger partial charge in [-0.3, -0.25) is 9.59 Å². The van der Waals surface area contributed by atoms with Crippen LogP contribution in [0.3, 0.4) is 0 Å². The van der Waals surface area contributed by atoms with Gasteiger partial charge in [0.05, 0.1) is 12.5 Å². The molecule has 0 bridgehead atoms. The quantitative estimate of drug-likeness (QED) is 0.844. The van der Waals surface area contributed by atoms with Crippen LogP contribution < -0.4 is 4.74 Å². The number of likely N-dealkylation sites (tertiary alicyclic amines) is 2. The molecule has 6 heteroatoms. The van der Waals surface area contributed by atoms with E-state index in [-0.39, 0.29) is 23.0 Å². The Balaban J connectivity index is 1.48. The van der Waals surface area contributed by atoms with E-state index in [1.165, 1.54) is 20.0 Å². The van der Waals surface area contributed by atoms with Crippen LogP contribution in [0.25, 0.3) is 0 Å². The number of furan rings is 1. The van der Waals surface area contributed by atoms with E-state index in [2.05, 4.69) is 4.90 Å². The Labute approximate surface area is 148 Å². The van der Waals surface area contributed by atoms with Crippen molar-refractivity contribution in [3.63, 3.8) is 0 Å². The van der Waals surface area contributed by atoms with Gasteiger partial charge in [0.1, 0.15) is 0 Å². The first-order chi connectivity index (χ1) is 12.1. The lowest BCUT2D eigenvalue weighted by atomic mass is 9.77. The topological polar surface area (TPSA) is 63.0 Å². The summed E-state index contributed by atoms with van der Waals surface area (Å²) in [7, 11) is 1.51. The lowest BCUT2D eigenvalue weighted by molar-refractivity contribution is -0.148. The Morgan fingerprint density at radius 1 is 1.20 bits per heavy atom. The molecule has 3 fully saturated rings. The third-order valence-electron chi connectivity index (χ3n) is 6.17. The summed E-state index contributed by atoms with van der Waals surface area (Å²) < 4.78 is 10.4. The fraction of sp³-hybridized carbons (Fsp3) is 0.684. The zero-order valence-corrected chi connectivity index (χ0v) is 14.8. The monoisotopic (exact) mass is 346 g/mol. The van der Waals surface area contributed by atoms with Gasteiger partial charge in [-0.1, -0.05) is 12.8 Å². The standard InChI is InChI=1S/C19H26N2O4/c1-24-16-8-7-15(25-16)17(22)20-12-10-19(13-20)9-4-11-21(18(19)23)14-5-2-3-6-14/h7-8,14H,2-6,9-13H2,1H3/t19-/m0/s1. The first-order valence-electron chi connectivity index (χ1n) is 9.37. The van der Waals surface area contributed by atoms with E-state index in [1.807, 2.05) is 0 Å². The van der Waals surface area contributed by atoms with Crippen molar-refractivity contribution in [2.45, 2.75) is 51.0 Å². The van der Waals surface area contributed by atoms with Crippen LogP contribution in [0.2, 0.25) is 0 Å². The molecular weight excluding hydrogens is 320 g/mol. The number of carbonyl (C=O) groups is 2. The maximum absolute atomic E-state index is 13.2. The molecule has 3 aliphatic rings. The predicted molar refractivity (Wildman–Crippen MR) is 91.4 cm³/mol. The van der Waals surface area contributed by atoms with E-state index in [4.69, 9.17) is 9.15 Å². The summed E-state index contributed by atoms with van der Waals surface area (Å²) in [5.41, 5.74) is -0.382. The van der Waals surface area contributed by atoms with Crippen molar-refractivity contribution >= 4 is 11.8 Å². The van der Waals surface area contributed by atoms with Crippen LogP contribution in [0.1, 0.15) is 55.5 Å². The SMILES string of the molecule is COc1ccc(C(=O)N2CC[C@@]3(CCCN(C4CCCC4)C3=O)C2)o1. The molecule has 0 N–H and O–H groups in total. The number of amides is 2. The van der Waals surface area contributed by atoms with E-state index in [1.54, 1.807) is 17.0 Å². The highest BCUT2D eigenvalue weighted by atomic mass is 16.6. The molecule has 1 aromatic heterocycles. The second-order valence-electron chi connectivity index (χ2n) is 7.62. The van der Waals surface area contributed by atoms with Gasteiger partial charge in [0.2, 0.25) is 5.91 Å². The first-order valence-corrected chi connectivity index (χ1v) is 9.37. The summed E-state index contributed by atoms with van der Waals surface area (Å²) in [6, 6.07) is 3.70. The van der Waals surface area contributed by atoms with Gasteiger partial charge in [-0.05, 0) is 38.2 Å². The smallest absolute Gasteiger partial charge is 0.289 e. The summed E-state index contributed by atoms with van der Waals surface area (Å²) in [6.45, 7) is 2.01. The second-order valence-corrected chi connectivity index (χ2v) is 7.62. The van der Waals surface area contributed by atoms with Crippen molar-refractivity contribution in [1.29, 1.82) is 0 Å². The maximum Gasteiger partial charge on any atom is 0.289 e. The Bertz CT molecular complexity index is 664. The van der Waals surface area contributed by atoms with Crippen LogP contribution in [0, 0.1) is 5.41 Å². The zero-order chi connectivity index (χ0) is 17.4. The van der Waals surface area contributed by atoms with Gasteiger partial charge in [0.15, 0.2) is 5.76 Å². The first kappa shape index (κ1) is 16.5. The highest BCUT2D eigenvalue weighted by Gasteiger charge is 2.51. The molecule has 1 spiro atoms. The van der Waals surface area contributed by atoms with Crippen LogP contribution in [-0.4, -0.2) is 54.4 Å². The van der Waals surface area contributed by atoms with Gasteiger partial charge in [-0.15, -0.1) is 0 Å². The number of hydrogen-bond donors (Lipinski definition) is 0. The molecule has 1 aliphatic carbocycles. The fourth-order valence-corrected chi connectivity index (χ4v) is 4.79. The van der Waals surface area contributed by atoms with Crippen LogP contribution in [-0.2, 0) is 4.79 Å². The minimum Gasteiger partial charge on any atom is -0.468 e. The molecule has 1 saturated carbocycles. The van der Waals surface area contributed by atoms with E-state index in [0.717, 1.165) is 38.6 Å². The summed E-state index contributed by atoms with van der Waals surface area (Å²) in [5, 5.41) is 0. The van der Waals surface area contributed by atoms with Crippen molar-refractivity contribution in [2.75, 3.05) is 26.7 Å². The molecule has 1 aromatic rings. The maximum atomic E-state index is 13.2. The van der Waals surface area contributed by atoms with Crippen LogP contribution >= 0.6 is 0 Å². The molecule has 4 rings (SSSR count). The average molecular weight is 346 g/mol. The van der Waals surface area contributed by atoms with Crippen molar-refractivity contribution < 1.29 is 18.7 Å². The molecule has 0 aromatic carbocycles. The van der Waals surface area contributed by atoms with Crippen LogP contribution in [0.15, 0.2) is 16.5 Å². The lowest BCUT2D eigenvalue weighted by Gasteiger charge is -2.42. The van der Waals surface area contributed by atoms with Gasteiger partial charge in [0.25, 0.3) is 11.9 Å². The normalized spacial score (nSPS) is 27.5. The van der Waals surface area contributed by atoms with Gasteiger partial charge >= 0.3 is 0 Å². The zero-order valence-electron chi connectivity index (χ0n) is 14.8. The Morgan fingerprint density at radius 2 is 2.00 bits per heavy atom. The minimum absolute atomic E-state index is 0.147. The molecule has 0 unspecified atom stereocenters. The highest BCUT2D eigenvalue weighted by Crippen LogP contribution is 2.42. The van der Waals surface area contributed by atoms with Crippen LogP contribution in [0.5, 0.6) is 5.95 Å². The number of piperidine rings is 1. The summed E-state index contributed by atoms with van der Waals surface area (Å²) in [4.78, 5) is 29.8. The Morgan fingerprint density at radius 3 is 2.72 bits per heavy atom. The second kappa shape index (κ2) is 6.39. The molecule has 0 radical (unpaired) electrons. The number of nitrogens with zero attached hydrogens (tertiary/aromatic N) is 2. The molecule has 25 heavy (non-hydrogen) atoms. The molecule has 2 amide bonds. The largest absolute Gasteiger partial charge is 0.468 e. The minimum atomic E-state index is -0.382. The van der Waals surface area contributed by atoms with E-state index < -0.39 is 0 Å². The number of ether oxygens (including phenoxy) is 1. The van der Waals surface area contributed by atoms with Crippen molar-refractivity contribution in [3.8, 4) is 5.95 Å². The number of rotatable bonds is 3. The fourth-order valence-electron chi connectivity index (χ4n) is 4.79. The van der Waals surface area contributed by atoms with Crippen molar-refractivity contribution in [2.24, 2.45) is 5.41 Å². The number of carbonyl (C=O) groups excluding carboxylic acids is 2. The summed E-state index contributed by atoms with van der Waals surface area (Å²) >= 11 is 0. The van der Waals surface area contributed by atoms with E-state index in [9.17, 15) is 9.59 Å². The molecule has 1 atom stereocenters. The lowest BCUT2D eigenvalue weighted by Crippen LogP contribution is -2.53. The van der Waals surface area contributed by atoms with Crippen molar-refractivity contribution in [1.82, 2.24) is 9.80 Å². The van der Waals surface area contributed by atoms with Crippen LogP contribution in [0.4, 0.5) is 0 Å². The van der Waals surface area contributed by atoms with Gasteiger partial charge in [-0.2, -0.15) is 0 Å². The van der Waals surface area contributed by atoms with Gasteiger partial charge < -0.3 is 19.0 Å². The molecule has 136 valence electrons. The third-order valence-corrected chi connectivity index (χ3v) is 6.17. The average Bonchev–Trinajstić information content (AvgIpc) is 3.38. The van der Waals surface area contributed by atoms with E-state index in [0.29, 0.717) is 25.1 Å². The van der Waals surface area contributed by atoms with Gasteiger partial charge in [-0.25, -0.2) is 0 Å². The third kappa shape index (κ3) is 2.81. The molecule has 6 nitrogen and oxygen atoms in total. The molecule has 2 saturated heterocycles. The Hall–Kier alpha value is -1.98. The van der Waals surface area contributed by atoms with Gasteiger partial charge in [0, 0.05) is 31.7 Å². The summed E-state index contributed by atoms with van der Waals surface area (Å²) in [5.74, 6) is 0.743. The molecular formula is C19H26N2O4. The number of methoxy groups -OCH3 is 1. The molecule has 3 heterocycles.